The van der Waals surface area contributed by atoms with E-state index >= 15 is 0 Å². The highest BCUT2D eigenvalue weighted by atomic mass is 16.1. The van der Waals surface area contributed by atoms with Crippen LogP contribution in [0.2, 0.25) is 0 Å². The fourth-order valence-corrected chi connectivity index (χ4v) is 1.12. The summed E-state index contributed by atoms with van der Waals surface area (Å²) in [6.07, 6.45) is 2.21. The summed E-state index contributed by atoms with van der Waals surface area (Å²) in [4.78, 5) is 17.8. The lowest BCUT2D eigenvalue weighted by Gasteiger charge is -2.08. The molecule has 4 heteroatoms. The van der Waals surface area contributed by atoms with Gasteiger partial charge in [-0.1, -0.05) is 6.92 Å². The minimum atomic E-state index is -0.0609. The highest BCUT2D eigenvalue weighted by Crippen LogP contribution is 2.05. The van der Waals surface area contributed by atoms with Gasteiger partial charge in [-0.05, 0) is 25.8 Å². The summed E-state index contributed by atoms with van der Waals surface area (Å²) in [6, 6.07) is 0. The van der Waals surface area contributed by atoms with Crippen LogP contribution in [0.5, 0.6) is 0 Å². The number of nitrogens with zero attached hydrogens (tertiary/aromatic N) is 1. The van der Waals surface area contributed by atoms with Gasteiger partial charge in [0.15, 0.2) is 0 Å². The molecule has 0 amide bonds. The monoisotopic (exact) mass is 181 g/mol. The van der Waals surface area contributed by atoms with Gasteiger partial charge in [-0.3, -0.25) is 4.79 Å². The lowest BCUT2D eigenvalue weighted by molar-refractivity contribution is 0.580. The Labute approximate surface area is 77.2 Å². The van der Waals surface area contributed by atoms with E-state index < -0.39 is 0 Å². The number of hydrogen-bond acceptors (Lipinski definition) is 3. The second-order valence-electron chi connectivity index (χ2n) is 3.35. The molecule has 0 aliphatic rings. The van der Waals surface area contributed by atoms with Crippen molar-refractivity contribution in [2.24, 2.45) is 11.7 Å². The molecule has 3 N–H and O–H groups in total. The van der Waals surface area contributed by atoms with Crippen LogP contribution in [0.4, 0.5) is 0 Å². The Kier molecular flexibility index (Phi) is 3.19. The average Bonchev–Trinajstić information content (AvgIpc) is 2.13. The first-order valence-corrected chi connectivity index (χ1v) is 4.38. The topological polar surface area (TPSA) is 71.8 Å². The summed E-state index contributed by atoms with van der Waals surface area (Å²) in [6.45, 7) is 4.45. The maximum Gasteiger partial charge on any atom is 0.253 e. The van der Waals surface area contributed by atoms with Gasteiger partial charge in [0.1, 0.15) is 0 Å². The van der Waals surface area contributed by atoms with Gasteiger partial charge in [0.25, 0.3) is 5.56 Å². The molecule has 0 radical (unpaired) electrons. The third kappa shape index (κ3) is 2.39. The zero-order valence-corrected chi connectivity index (χ0v) is 8.00. The lowest BCUT2D eigenvalue weighted by atomic mass is 10.0. The minimum Gasteiger partial charge on any atom is -0.330 e. The molecule has 0 aromatic carbocycles. The Hall–Kier alpha value is -1.16. The van der Waals surface area contributed by atoms with Crippen molar-refractivity contribution in [2.75, 3.05) is 6.54 Å². The van der Waals surface area contributed by atoms with Crippen molar-refractivity contribution in [1.82, 2.24) is 9.97 Å². The van der Waals surface area contributed by atoms with E-state index in [1.807, 2.05) is 6.92 Å². The second kappa shape index (κ2) is 4.18. The Morgan fingerprint density at radius 2 is 2.38 bits per heavy atom. The minimum absolute atomic E-state index is 0.0609. The van der Waals surface area contributed by atoms with E-state index in [9.17, 15) is 4.79 Å². The predicted molar refractivity (Wildman–Crippen MR) is 51.5 cm³/mol. The van der Waals surface area contributed by atoms with Gasteiger partial charge in [0, 0.05) is 5.56 Å². The molecule has 0 aliphatic carbocycles. The molecule has 0 aliphatic heterocycles. The van der Waals surface area contributed by atoms with E-state index in [1.165, 1.54) is 6.33 Å². The second-order valence-corrected chi connectivity index (χ2v) is 3.35. The summed E-state index contributed by atoms with van der Waals surface area (Å²) < 4.78 is 0. The first-order valence-electron chi connectivity index (χ1n) is 4.38. The average molecular weight is 181 g/mol. The summed E-state index contributed by atoms with van der Waals surface area (Å²) in [7, 11) is 0. The van der Waals surface area contributed by atoms with Crippen LogP contribution in [0.25, 0.3) is 0 Å². The number of rotatable bonds is 3. The van der Waals surface area contributed by atoms with Gasteiger partial charge in [-0.25, -0.2) is 4.98 Å². The lowest BCUT2D eigenvalue weighted by Crippen LogP contribution is -2.18. The van der Waals surface area contributed by atoms with Crippen molar-refractivity contribution in [3.8, 4) is 0 Å². The van der Waals surface area contributed by atoms with E-state index in [-0.39, 0.29) is 5.56 Å². The Morgan fingerprint density at radius 1 is 1.69 bits per heavy atom. The molecule has 1 atom stereocenters. The van der Waals surface area contributed by atoms with Crippen LogP contribution in [0.3, 0.4) is 0 Å². The van der Waals surface area contributed by atoms with E-state index in [0.29, 0.717) is 18.0 Å². The van der Waals surface area contributed by atoms with Crippen LogP contribution in [-0.4, -0.2) is 16.5 Å². The fraction of sp³-hybridized carbons (Fsp3) is 0.556. The standard InChI is InChI=1S/C9H15N3O/c1-6(4-10)3-8-7(2)9(13)12-5-11-8/h5-6H,3-4,10H2,1-2H3,(H,11,12,13). The van der Waals surface area contributed by atoms with E-state index in [2.05, 4.69) is 9.97 Å². The molecule has 0 saturated heterocycles. The molecule has 0 fully saturated rings. The number of aromatic nitrogens is 2. The summed E-state index contributed by atoms with van der Waals surface area (Å²) in [5, 5.41) is 0. The van der Waals surface area contributed by atoms with Gasteiger partial charge in [0.05, 0.1) is 12.0 Å². The normalized spacial score (nSPS) is 12.8. The van der Waals surface area contributed by atoms with E-state index in [1.54, 1.807) is 6.92 Å². The molecular formula is C9H15N3O. The van der Waals surface area contributed by atoms with Crippen molar-refractivity contribution in [3.05, 3.63) is 27.9 Å². The van der Waals surface area contributed by atoms with Gasteiger partial charge in [0.2, 0.25) is 0 Å². The Balaban J connectivity index is 2.89. The van der Waals surface area contributed by atoms with Crippen LogP contribution in [-0.2, 0) is 6.42 Å². The maximum absolute atomic E-state index is 11.2. The van der Waals surface area contributed by atoms with Crippen LogP contribution in [0.15, 0.2) is 11.1 Å². The molecule has 1 aromatic heterocycles. The van der Waals surface area contributed by atoms with Crippen LogP contribution in [0, 0.1) is 12.8 Å². The molecule has 1 heterocycles. The van der Waals surface area contributed by atoms with E-state index in [0.717, 1.165) is 12.1 Å². The number of H-pyrrole nitrogens is 1. The van der Waals surface area contributed by atoms with Crippen LogP contribution in [0.1, 0.15) is 18.2 Å². The quantitative estimate of drug-likeness (QED) is 0.700. The van der Waals surface area contributed by atoms with Gasteiger partial charge in [-0.2, -0.15) is 0 Å². The highest BCUT2D eigenvalue weighted by Gasteiger charge is 2.07. The van der Waals surface area contributed by atoms with Crippen molar-refractivity contribution >= 4 is 0 Å². The SMILES string of the molecule is Cc1c(CC(C)CN)nc[nH]c1=O. The number of nitrogens with two attached hydrogens (primary N) is 1. The van der Waals surface area contributed by atoms with Crippen LogP contribution < -0.4 is 11.3 Å². The molecular weight excluding hydrogens is 166 g/mol. The van der Waals surface area contributed by atoms with Crippen molar-refractivity contribution in [2.45, 2.75) is 20.3 Å². The zero-order chi connectivity index (χ0) is 9.84. The number of nitrogens with one attached hydrogen (secondary N) is 1. The number of hydrogen-bond donors (Lipinski definition) is 2. The first-order chi connectivity index (χ1) is 6.15. The number of aromatic amines is 1. The van der Waals surface area contributed by atoms with Gasteiger partial charge in [-0.15, -0.1) is 0 Å². The Bertz CT molecular complexity index is 332. The smallest absolute Gasteiger partial charge is 0.253 e. The molecule has 13 heavy (non-hydrogen) atoms. The summed E-state index contributed by atoms with van der Waals surface area (Å²) >= 11 is 0. The highest BCUT2D eigenvalue weighted by molar-refractivity contribution is 5.14. The fourth-order valence-electron chi connectivity index (χ4n) is 1.12. The predicted octanol–water partition coefficient (Wildman–Crippen LogP) is 0.216. The molecule has 72 valence electrons. The summed E-state index contributed by atoms with van der Waals surface area (Å²) in [5.41, 5.74) is 6.98. The zero-order valence-electron chi connectivity index (χ0n) is 8.00. The Morgan fingerprint density at radius 3 is 3.00 bits per heavy atom. The molecule has 4 nitrogen and oxygen atoms in total. The largest absolute Gasteiger partial charge is 0.330 e. The summed E-state index contributed by atoms with van der Waals surface area (Å²) in [5.74, 6) is 0.369. The molecule has 0 spiro atoms. The third-order valence-corrected chi connectivity index (χ3v) is 2.13. The first kappa shape index (κ1) is 9.92. The van der Waals surface area contributed by atoms with Gasteiger partial charge < -0.3 is 10.7 Å². The maximum atomic E-state index is 11.2. The molecule has 1 rings (SSSR count). The third-order valence-electron chi connectivity index (χ3n) is 2.13. The van der Waals surface area contributed by atoms with Crippen LogP contribution >= 0.6 is 0 Å². The van der Waals surface area contributed by atoms with Crippen molar-refractivity contribution in [1.29, 1.82) is 0 Å². The molecule has 0 saturated carbocycles. The van der Waals surface area contributed by atoms with Crippen molar-refractivity contribution in [3.63, 3.8) is 0 Å². The van der Waals surface area contributed by atoms with E-state index in [4.69, 9.17) is 5.73 Å². The van der Waals surface area contributed by atoms with Gasteiger partial charge >= 0.3 is 0 Å². The molecule has 0 bridgehead atoms. The molecule has 1 unspecified atom stereocenters. The molecule has 1 aromatic rings. The van der Waals surface area contributed by atoms with Crippen molar-refractivity contribution < 1.29 is 0 Å².